The Kier molecular flexibility index (Phi) is 2.37. The molecule has 2 rings (SSSR count). The maximum absolute atomic E-state index is 11.5. The molecule has 0 saturated carbocycles. The predicted octanol–water partition coefficient (Wildman–Crippen LogP) is 1.80. The fraction of sp³-hybridized carbons (Fsp3) is 0.167. The van der Waals surface area contributed by atoms with Crippen LogP contribution in [-0.2, 0) is 14.3 Å². The number of ether oxygens (including phenoxy) is 1. The van der Waals surface area contributed by atoms with Crippen molar-refractivity contribution in [3.8, 4) is 0 Å². The second-order valence-electron chi connectivity index (χ2n) is 3.30. The zero-order valence-corrected chi connectivity index (χ0v) is 8.27. The normalized spacial score (nSPS) is 23.3. The SMILES string of the molecule is CC=C1C(=O)OC(=O)C1c1ccccc1. The molecule has 1 fully saturated rings. The first-order chi connectivity index (χ1) is 7.24. The molecule has 76 valence electrons. The van der Waals surface area contributed by atoms with E-state index in [4.69, 9.17) is 0 Å². The second kappa shape index (κ2) is 3.69. The minimum absolute atomic E-state index is 0.422. The molecule has 0 radical (unpaired) electrons. The summed E-state index contributed by atoms with van der Waals surface area (Å²) in [6, 6.07) is 9.15. The lowest BCUT2D eigenvalue weighted by Gasteiger charge is -2.05. The van der Waals surface area contributed by atoms with E-state index in [1.807, 2.05) is 30.3 Å². The summed E-state index contributed by atoms with van der Waals surface area (Å²) in [5.74, 6) is -1.57. The van der Waals surface area contributed by atoms with Crippen molar-refractivity contribution >= 4 is 11.9 Å². The minimum atomic E-state index is -0.552. The summed E-state index contributed by atoms with van der Waals surface area (Å²) < 4.78 is 4.59. The van der Waals surface area contributed by atoms with E-state index in [1.54, 1.807) is 13.0 Å². The number of esters is 2. The van der Waals surface area contributed by atoms with Crippen molar-refractivity contribution in [1.29, 1.82) is 0 Å². The molecule has 0 N–H and O–H groups in total. The molecule has 0 amide bonds. The standard InChI is InChI=1S/C12H10O3/c1-2-9-10(12(14)15-11(9)13)8-6-4-3-5-7-8/h2-7,10H,1H3. The summed E-state index contributed by atoms with van der Waals surface area (Å²) >= 11 is 0. The molecule has 1 aliphatic heterocycles. The highest BCUT2D eigenvalue weighted by Gasteiger charge is 2.39. The van der Waals surface area contributed by atoms with Crippen LogP contribution in [0.15, 0.2) is 42.0 Å². The maximum atomic E-state index is 11.5. The van der Waals surface area contributed by atoms with Gasteiger partial charge in [0.15, 0.2) is 0 Å². The Bertz CT molecular complexity index is 431. The van der Waals surface area contributed by atoms with Gasteiger partial charge in [-0.3, -0.25) is 4.79 Å². The fourth-order valence-corrected chi connectivity index (χ4v) is 1.70. The van der Waals surface area contributed by atoms with E-state index in [9.17, 15) is 9.59 Å². The van der Waals surface area contributed by atoms with Gasteiger partial charge in [-0.1, -0.05) is 36.4 Å². The summed E-state index contributed by atoms with van der Waals surface area (Å²) in [6.45, 7) is 1.73. The van der Waals surface area contributed by atoms with Gasteiger partial charge in [-0.2, -0.15) is 0 Å². The lowest BCUT2D eigenvalue weighted by Crippen LogP contribution is -2.06. The molecule has 1 saturated heterocycles. The van der Waals surface area contributed by atoms with Crippen LogP contribution in [0.2, 0.25) is 0 Å². The summed E-state index contributed by atoms with van der Waals surface area (Å²) in [4.78, 5) is 22.8. The number of cyclic esters (lactones) is 2. The average molecular weight is 202 g/mol. The smallest absolute Gasteiger partial charge is 0.342 e. The first kappa shape index (κ1) is 9.65. The van der Waals surface area contributed by atoms with Gasteiger partial charge in [0.05, 0.1) is 5.57 Å². The van der Waals surface area contributed by atoms with Crippen molar-refractivity contribution in [3.63, 3.8) is 0 Å². The number of hydrogen-bond donors (Lipinski definition) is 0. The van der Waals surface area contributed by atoms with Gasteiger partial charge in [0, 0.05) is 0 Å². The predicted molar refractivity (Wildman–Crippen MR) is 54.0 cm³/mol. The molecule has 1 atom stereocenters. The molecular formula is C12H10O3. The van der Waals surface area contributed by atoms with E-state index in [0.717, 1.165) is 5.56 Å². The molecule has 1 aromatic rings. The van der Waals surface area contributed by atoms with E-state index < -0.39 is 17.9 Å². The van der Waals surface area contributed by atoms with Crippen molar-refractivity contribution in [2.75, 3.05) is 0 Å². The number of benzene rings is 1. The molecule has 3 nitrogen and oxygen atoms in total. The van der Waals surface area contributed by atoms with Gasteiger partial charge < -0.3 is 4.74 Å². The second-order valence-corrected chi connectivity index (χ2v) is 3.30. The van der Waals surface area contributed by atoms with E-state index in [2.05, 4.69) is 4.74 Å². The summed E-state index contributed by atoms with van der Waals surface area (Å²) in [7, 11) is 0. The van der Waals surface area contributed by atoms with Gasteiger partial charge in [0.25, 0.3) is 0 Å². The van der Waals surface area contributed by atoms with Crippen LogP contribution in [-0.4, -0.2) is 11.9 Å². The summed E-state index contributed by atoms with van der Waals surface area (Å²) in [5.41, 5.74) is 1.22. The molecule has 15 heavy (non-hydrogen) atoms. The number of carbonyl (C=O) groups excluding carboxylic acids is 2. The Labute approximate surface area is 87.4 Å². The van der Waals surface area contributed by atoms with Gasteiger partial charge in [-0.15, -0.1) is 0 Å². The topological polar surface area (TPSA) is 43.4 Å². The van der Waals surface area contributed by atoms with E-state index in [0.29, 0.717) is 5.57 Å². The average Bonchev–Trinajstić information content (AvgIpc) is 2.54. The summed E-state index contributed by atoms with van der Waals surface area (Å²) in [5, 5.41) is 0. The molecule has 1 unspecified atom stereocenters. The zero-order valence-electron chi connectivity index (χ0n) is 8.27. The lowest BCUT2D eigenvalue weighted by molar-refractivity contribution is -0.151. The molecule has 1 aromatic carbocycles. The first-order valence-electron chi connectivity index (χ1n) is 4.71. The molecule has 0 aromatic heterocycles. The van der Waals surface area contributed by atoms with Crippen molar-refractivity contribution in [2.24, 2.45) is 0 Å². The highest BCUT2D eigenvalue weighted by atomic mass is 16.6. The Morgan fingerprint density at radius 1 is 1.20 bits per heavy atom. The van der Waals surface area contributed by atoms with Gasteiger partial charge in [0.1, 0.15) is 5.92 Å². The molecule has 1 heterocycles. The number of carbonyl (C=O) groups is 2. The molecular weight excluding hydrogens is 192 g/mol. The molecule has 1 aliphatic rings. The first-order valence-corrected chi connectivity index (χ1v) is 4.71. The maximum Gasteiger partial charge on any atom is 0.342 e. The zero-order chi connectivity index (χ0) is 10.8. The molecule has 0 spiro atoms. The Morgan fingerprint density at radius 2 is 1.87 bits per heavy atom. The van der Waals surface area contributed by atoms with Gasteiger partial charge in [-0.25, -0.2) is 4.79 Å². The van der Waals surface area contributed by atoms with Gasteiger partial charge >= 0.3 is 11.9 Å². The summed E-state index contributed by atoms with van der Waals surface area (Å²) in [6.07, 6.45) is 1.63. The van der Waals surface area contributed by atoms with Crippen molar-refractivity contribution in [2.45, 2.75) is 12.8 Å². The van der Waals surface area contributed by atoms with Gasteiger partial charge in [0.2, 0.25) is 0 Å². The molecule has 0 aliphatic carbocycles. The van der Waals surface area contributed by atoms with Crippen molar-refractivity contribution in [1.82, 2.24) is 0 Å². The quantitative estimate of drug-likeness (QED) is 0.396. The highest BCUT2D eigenvalue weighted by molar-refractivity contribution is 6.10. The third-order valence-electron chi connectivity index (χ3n) is 2.42. The number of hydrogen-bond acceptors (Lipinski definition) is 3. The lowest BCUT2D eigenvalue weighted by atomic mass is 9.93. The number of rotatable bonds is 1. The van der Waals surface area contributed by atoms with Crippen LogP contribution >= 0.6 is 0 Å². The van der Waals surface area contributed by atoms with Crippen LogP contribution in [0.25, 0.3) is 0 Å². The van der Waals surface area contributed by atoms with Crippen molar-refractivity contribution in [3.05, 3.63) is 47.5 Å². The van der Waals surface area contributed by atoms with Crippen LogP contribution in [0.1, 0.15) is 18.4 Å². The third-order valence-corrected chi connectivity index (χ3v) is 2.42. The van der Waals surface area contributed by atoms with Crippen LogP contribution in [0.5, 0.6) is 0 Å². The van der Waals surface area contributed by atoms with E-state index in [1.165, 1.54) is 0 Å². The minimum Gasteiger partial charge on any atom is -0.389 e. The molecule has 3 heteroatoms. The largest absolute Gasteiger partial charge is 0.389 e. The van der Waals surface area contributed by atoms with Crippen LogP contribution in [0, 0.1) is 0 Å². The molecule has 0 bridgehead atoms. The van der Waals surface area contributed by atoms with Gasteiger partial charge in [-0.05, 0) is 12.5 Å². The fourth-order valence-electron chi connectivity index (χ4n) is 1.70. The Balaban J connectivity index is 2.45. The van der Waals surface area contributed by atoms with E-state index in [-0.39, 0.29) is 0 Å². The Morgan fingerprint density at radius 3 is 2.47 bits per heavy atom. The van der Waals surface area contributed by atoms with Crippen LogP contribution < -0.4 is 0 Å². The monoisotopic (exact) mass is 202 g/mol. The highest BCUT2D eigenvalue weighted by Crippen LogP contribution is 2.32. The van der Waals surface area contributed by atoms with Crippen molar-refractivity contribution < 1.29 is 14.3 Å². The van der Waals surface area contributed by atoms with E-state index >= 15 is 0 Å². The van der Waals surface area contributed by atoms with Crippen LogP contribution in [0.4, 0.5) is 0 Å². The number of allylic oxidation sites excluding steroid dienone is 1. The third kappa shape index (κ3) is 1.56. The Hall–Kier alpha value is -1.90. The van der Waals surface area contributed by atoms with Crippen LogP contribution in [0.3, 0.4) is 0 Å².